The Kier molecular flexibility index (Phi) is 12.3. The van der Waals surface area contributed by atoms with E-state index in [2.05, 4.69) is 62.4 Å². The van der Waals surface area contributed by atoms with Gasteiger partial charge in [0.25, 0.3) is 0 Å². The van der Waals surface area contributed by atoms with E-state index < -0.39 is 11.6 Å². The zero-order chi connectivity index (χ0) is 33.3. The lowest BCUT2D eigenvalue weighted by atomic mass is 9.95. The van der Waals surface area contributed by atoms with Crippen LogP contribution >= 0.6 is 0 Å². The zero-order valence-corrected chi connectivity index (χ0v) is 28.3. The smallest absolute Gasteiger partial charge is 0.129 e. The number of hydrogen-bond donors (Lipinski definition) is 0. The summed E-state index contributed by atoms with van der Waals surface area (Å²) in [6.45, 7) is 9.42. The summed E-state index contributed by atoms with van der Waals surface area (Å²) < 4.78 is 52.6. The Labute approximate surface area is 279 Å². The molecule has 0 radical (unpaired) electrons. The topological polar surface area (TPSA) is 18.5 Å². The molecule has 250 valence electrons. The van der Waals surface area contributed by atoms with Crippen LogP contribution in [0, 0.1) is 43.1 Å². The number of halogens is 3. The van der Waals surface area contributed by atoms with Crippen LogP contribution in [0.15, 0.2) is 78.9 Å². The van der Waals surface area contributed by atoms with Gasteiger partial charge >= 0.3 is 0 Å². The van der Waals surface area contributed by atoms with Crippen molar-refractivity contribution in [3.05, 3.63) is 141 Å². The Morgan fingerprint density at radius 2 is 0.915 bits per heavy atom. The SMILES string of the molecule is Cc1c(F)cc(CCc2ccc(C3CCC(C)CO3)cc2)cc1F.Cc1ccc(CCc2ccc(C3CCC(C)CO3)cc2)cc1F. The van der Waals surface area contributed by atoms with E-state index in [1.165, 1.54) is 54.2 Å². The van der Waals surface area contributed by atoms with Gasteiger partial charge in [-0.25, -0.2) is 13.2 Å². The van der Waals surface area contributed by atoms with Crippen molar-refractivity contribution in [2.75, 3.05) is 13.2 Å². The average Bonchev–Trinajstić information content (AvgIpc) is 3.08. The maximum absolute atomic E-state index is 13.6. The minimum atomic E-state index is -0.468. The molecule has 0 bridgehead atoms. The molecule has 0 amide bonds. The first-order valence-electron chi connectivity index (χ1n) is 17.2. The molecule has 2 saturated heterocycles. The van der Waals surface area contributed by atoms with Crippen molar-refractivity contribution < 1.29 is 22.6 Å². The van der Waals surface area contributed by atoms with Gasteiger partial charge in [0.1, 0.15) is 17.5 Å². The second kappa shape index (κ2) is 16.6. The number of ether oxygens (including phenoxy) is 2. The van der Waals surface area contributed by atoms with Gasteiger partial charge in [-0.1, -0.05) is 74.5 Å². The number of hydrogen-bond acceptors (Lipinski definition) is 2. The van der Waals surface area contributed by atoms with Gasteiger partial charge in [0.15, 0.2) is 0 Å². The predicted octanol–water partition coefficient (Wildman–Crippen LogP) is 11.0. The molecule has 0 aliphatic carbocycles. The van der Waals surface area contributed by atoms with Crippen molar-refractivity contribution in [1.82, 2.24) is 0 Å². The van der Waals surface area contributed by atoms with E-state index in [4.69, 9.17) is 9.47 Å². The lowest BCUT2D eigenvalue weighted by molar-refractivity contribution is -0.0124. The van der Waals surface area contributed by atoms with Gasteiger partial charge in [0.05, 0.1) is 12.2 Å². The Bertz CT molecular complexity index is 1540. The highest BCUT2D eigenvalue weighted by Gasteiger charge is 2.21. The summed E-state index contributed by atoms with van der Waals surface area (Å²) in [6.07, 6.45) is 8.30. The molecule has 0 N–H and O–H groups in total. The van der Waals surface area contributed by atoms with Gasteiger partial charge in [-0.2, -0.15) is 0 Å². The molecular weight excluding hydrogens is 593 g/mol. The predicted molar refractivity (Wildman–Crippen MR) is 184 cm³/mol. The lowest BCUT2D eigenvalue weighted by Crippen LogP contribution is -2.18. The molecule has 4 unspecified atom stereocenters. The van der Waals surface area contributed by atoms with Gasteiger partial charge in [0, 0.05) is 18.8 Å². The van der Waals surface area contributed by atoms with Crippen molar-refractivity contribution in [1.29, 1.82) is 0 Å². The molecule has 0 saturated carbocycles. The van der Waals surface area contributed by atoms with Crippen LogP contribution in [-0.2, 0) is 35.2 Å². The van der Waals surface area contributed by atoms with Crippen molar-refractivity contribution >= 4 is 0 Å². The molecule has 4 aromatic rings. The molecule has 2 fully saturated rings. The molecule has 4 atom stereocenters. The third-order valence-corrected chi connectivity index (χ3v) is 9.69. The highest BCUT2D eigenvalue weighted by molar-refractivity contribution is 5.29. The summed E-state index contributed by atoms with van der Waals surface area (Å²) in [6, 6.07) is 25.6. The minimum Gasteiger partial charge on any atom is -0.373 e. The van der Waals surface area contributed by atoms with Gasteiger partial charge in [-0.15, -0.1) is 0 Å². The molecule has 2 heterocycles. The van der Waals surface area contributed by atoms with Crippen molar-refractivity contribution in [3.63, 3.8) is 0 Å². The van der Waals surface area contributed by atoms with Crippen LogP contribution in [0.2, 0.25) is 0 Å². The van der Waals surface area contributed by atoms with Gasteiger partial charge in [-0.05, 0) is 134 Å². The van der Waals surface area contributed by atoms with E-state index in [9.17, 15) is 13.2 Å². The fourth-order valence-corrected chi connectivity index (χ4v) is 6.30. The summed E-state index contributed by atoms with van der Waals surface area (Å²) in [5.41, 5.74) is 7.51. The van der Waals surface area contributed by atoms with Crippen molar-refractivity contribution in [2.45, 2.75) is 91.3 Å². The quantitative estimate of drug-likeness (QED) is 0.190. The fourth-order valence-electron chi connectivity index (χ4n) is 6.30. The third kappa shape index (κ3) is 10.0. The number of rotatable bonds is 8. The Morgan fingerprint density at radius 3 is 1.34 bits per heavy atom. The molecular formula is C42H49F3O2. The lowest BCUT2D eigenvalue weighted by Gasteiger charge is -2.27. The highest BCUT2D eigenvalue weighted by Crippen LogP contribution is 2.31. The first kappa shape index (κ1) is 34.9. The third-order valence-electron chi connectivity index (χ3n) is 9.69. The minimum absolute atomic E-state index is 0.0879. The second-order valence-corrected chi connectivity index (χ2v) is 13.8. The van der Waals surface area contributed by atoms with Crippen LogP contribution in [0.4, 0.5) is 13.2 Å². The average molecular weight is 643 g/mol. The molecule has 2 aliphatic rings. The van der Waals surface area contributed by atoms with Crippen LogP contribution in [0.5, 0.6) is 0 Å². The summed E-state index contributed by atoms with van der Waals surface area (Å²) in [4.78, 5) is 0. The summed E-state index contributed by atoms with van der Waals surface area (Å²) in [7, 11) is 0. The van der Waals surface area contributed by atoms with Gasteiger partial charge in [0.2, 0.25) is 0 Å². The van der Waals surface area contributed by atoms with Crippen LogP contribution in [0.1, 0.15) is 96.2 Å². The normalized spacial score (nSPS) is 21.2. The number of benzene rings is 4. The fraction of sp³-hybridized carbons (Fsp3) is 0.429. The van der Waals surface area contributed by atoms with Gasteiger partial charge < -0.3 is 9.47 Å². The summed E-state index contributed by atoms with van der Waals surface area (Å²) >= 11 is 0. The maximum atomic E-state index is 13.6. The van der Waals surface area contributed by atoms with Crippen LogP contribution in [-0.4, -0.2) is 13.2 Å². The zero-order valence-electron chi connectivity index (χ0n) is 28.3. The Balaban J connectivity index is 0.000000185. The Hall–Kier alpha value is -3.41. The van der Waals surface area contributed by atoms with Gasteiger partial charge in [-0.3, -0.25) is 0 Å². The van der Waals surface area contributed by atoms with Crippen molar-refractivity contribution in [2.24, 2.45) is 11.8 Å². The maximum Gasteiger partial charge on any atom is 0.129 e. The molecule has 47 heavy (non-hydrogen) atoms. The largest absolute Gasteiger partial charge is 0.373 e. The molecule has 4 aromatic carbocycles. The second-order valence-electron chi connectivity index (χ2n) is 13.8. The molecule has 5 heteroatoms. The van der Waals surface area contributed by atoms with E-state index in [1.807, 2.05) is 12.1 Å². The molecule has 0 spiro atoms. The highest BCUT2D eigenvalue weighted by atomic mass is 19.1. The van der Waals surface area contributed by atoms with E-state index in [-0.39, 0.29) is 23.6 Å². The first-order chi connectivity index (χ1) is 22.6. The van der Waals surface area contributed by atoms with Crippen LogP contribution < -0.4 is 0 Å². The summed E-state index contributed by atoms with van der Waals surface area (Å²) in [5.74, 6) is 0.283. The molecule has 2 nitrogen and oxygen atoms in total. The van der Waals surface area contributed by atoms with E-state index in [0.29, 0.717) is 29.4 Å². The Morgan fingerprint density at radius 1 is 0.511 bits per heavy atom. The van der Waals surface area contributed by atoms with Crippen LogP contribution in [0.3, 0.4) is 0 Å². The molecule has 2 aliphatic heterocycles. The van der Waals surface area contributed by atoms with E-state index >= 15 is 0 Å². The first-order valence-corrected chi connectivity index (χ1v) is 17.2. The number of aryl methyl sites for hydroxylation is 5. The summed E-state index contributed by atoms with van der Waals surface area (Å²) in [5, 5.41) is 0. The molecule has 6 rings (SSSR count). The monoisotopic (exact) mass is 642 g/mol. The van der Waals surface area contributed by atoms with E-state index in [0.717, 1.165) is 50.9 Å². The van der Waals surface area contributed by atoms with Crippen LogP contribution in [0.25, 0.3) is 0 Å². The van der Waals surface area contributed by atoms with Crippen molar-refractivity contribution in [3.8, 4) is 0 Å². The molecule has 0 aromatic heterocycles. The standard InChI is InChI=1S/C21H24F2O.C21H25FO/c1-14-3-10-21(24-13-14)18-8-6-16(7-9-18)4-5-17-11-19(22)15(2)20(23)12-17;1-15-3-12-21(23-14-15)19-10-8-17(9-11-19)6-7-18-5-4-16(2)20(22)13-18/h6-9,11-12,14,21H,3-5,10,13H2,1-2H3;4-5,8-11,13,15,21H,3,6-7,12,14H2,1-2H3. The van der Waals surface area contributed by atoms with E-state index in [1.54, 1.807) is 13.0 Å².